The van der Waals surface area contributed by atoms with Gasteiger partial charge in [-0.2, -0.15) is 0 Å². The molecule has 25 heavy (non-hydrogen) atoms. The fraction of sp³-hybridized carbons (Fsp3) is 0.100. The Kier molecular flexibility index (Phi) is 5.69. The van der Waals surface area contributed by atoms with E-state index in [4.69, 9.17) is 4.74 Å². The Balaban J connectivity index is 1.87. The number of aromatic nitrogens is 1. The highest BCUT2D eigenvalue weighted by Crippen LogP contribution is 2.36. The molecule has 2 aromatic carbocycles. The highest BCUT2D eigenvalue weighted by molar-refractivity contribution is 8.00. The van der Waals surface area contributed by atoms with Gasteiger partial charge in [-0.1, -0.05) is 60.3 Å². The van der Waals surface area contributed by atoms with Gasteiger partial charge >= 0.3 is 0 Å². The first-order valence-electron chi connectivity index (χ1n) is 7.84. The van der Waals surface area contributed by atoms with Gasteiger partial charge in [-0.15, -0.1) is 0 Å². The van der Waals surface area contributed by atoms with E-state index < -0.39 is 5.25 Å². The number of hydrogen-bond acceptors (Lipinski definition) is 4. The van der Waals surface area contributed by atoms with Gasteiger partial charge in [-0.3, -0.25) is 4.79 Å². The van der Waals surface area contributed by atoms with Gasteiger partial charge in [0.05, 0.1) is 17.8 Å². The average Bonchev–Trinajstić information content (AvgIpc) is 2.68. The van der Waals surface area contributed by atoms with Crippen molar-refractivity contribution < 1.29 is 9.53 Å². The fourth-order valence-electron chi connectivity index (χ4n) is 2.38. The van der Waals surface area contributed by atoms with Gasteiger partial charge in [0.25, 0.3) is 0 Å². The van der Waals surface area contributed by atoms with Crippen LogP contribution in [0.15, 0.2) is 84.0 Å². The molecule has 1 heterocycles. The minimum absolute atomic E-state index is 0.119. The second-order valence-corrected chi connectivity index (χ2v) is 6.39. The van der Waals surface area contributed by atoms with E-state index in [2.05, 4.69) is 10.3 Å². The highest BCUT2D eigenvalue weighted by Gasteiger charge is 2.23. The summed E-state index contributed by atoms with van der Waals surface area (Å²) in [6.07, 6.45) is 1.72. The third-order valence-electron chi connectivity index (χ3n) is 3.58. The number of thioether (sulfide) groups is 1. The molecule has 126 valence electrons. The molecule has 4 nitrogen and oxygen atoms in total. The summed E-state index contributed by atoms with van der Waals surface area (Å²) in [7, 11) is 1.59. The number of carbonyl (C=O) groups excluding carboxylic acids is 1. The zero-order chi connectivity index (χ0) is 17.5. The second-order valence-electron chi connectivity index (χ2n) is 5.27. The first kappa shape index (κ1) is 17.0. The van der Waals surface area contributed by atoms with Crippen molar-refractivity contribution in [1.29, 1.82) is 0 Å². The number of nitrogens with zero attached hydrogens (tertiary/aromatic N) is 1. The van der Waals surface area contributed by atoms with Crippen LogP contribution in [0.1, 0.15) is 10.8 Å². The third kappa shape index (κ3) is 4.39. The van der Waals surface area contributed by atoms with E-state index in [1.165, 1.54) is 11.8 Å². The van der Waals surface area contributed by atoms with Gasteiger partial charge in [0.2, 0.25) is 5.91 Å². The van der Waals surface area contributed by atoms with Gasteiger partial charge in [-0.05, 0) is 29.8 Å². The van der Waals surface area contributed by atoms with Crippen molar-refractivity contribution in [2.24, 2.45) is 0 Å². The molecular formula is C20H18N2O2S. The monoisotopic (exact) mass is 350 g/mol. The summed E-state index contributed by atoms with van der Waals surface area (Å²) in [5, 5.41) is 3.35. The Morgan fingerprint density at radius 2 is 1.72 bits per heavy atom. The van der Waals surface area contributed by atoms with E-state index in [0.29, 0.717) is 11.4 Å². The van der Waals surface area contributed by atoms with Crippen LogP contribution in [0.5, 0.6) is 5.75 Å². The van der Waals surface area contributed by atoms with Crippen LogP contribution in [0.4, 0.5) is 5.69 Å². The van der Waals surface area contributed by atoms with E-state index in [-0.39, 0.29) is 5.91 Å². The molecule has 0 fully saturated rings. The third-order valence-corrected chi connectivity index (χ3v) is 4.79. The number of nitrogens with one attached hydrogen (secondary N) is 1. The predicted octanol–water partition coefficient (Wildman–Crippen LogP) is 4.56. The van der Waals surface area contributed by atoms with Crippen LogP contribution in [0.2, 0.25) is 0 Å². The molecule has 1 N–H and O–H groups in total. The lowest BCUT2D eigenvalue weighted by molar-refractivity contribution is -0.115. The Bertz CT molecular complexity index is 825. The minimum atomic E-state index is -0.416. The predicted molar refractivity (Wildman–Crippen MR) is 101 cm³/mol. The number of methoxy groups -OCH3 is 1. The van der Waals surface area contributed by atoms with Crippen molar-refractivity contribution in [3.63, 3.8) is 0 Å². The van der Waals surface area contributed by atoms with Crippen molar-refractivity contribution in [2.75, 3.05) is 12.4 Å². The Labute approximate surface area is 151 Å². The lowest BCUT2D eigenvalue weighted by Gasteiger charge is -2.17. The normalized spacial score (nSPS) is 11.6. The van der Waals surface area contributed by atoms with Crippen molar-refractivity contribution >= 4 is 23.4 Å². The number of amides is 1. The smallest absolute Gasteiger partial charge is 0.242 e. The topological polar surface area (TPSA) is 51.2 Å². The first-order valence-corrected chi connectivity index (χ1v) is 8.72. The Morgan fingerprint density at radius 1 is 1.00 bits per heavy atom. The molecule has 0 spiro atoms. The van der Waals surface area contributed by atoms with E-state index >= 15 is 0 Å². The minimum Gasteiger partial charge on any atom is -0.495 e. The van der Waals surface area contributed by atoms with Crippen LogP contribution < -0.4 is 10.1 Å². The molecule has 1 amide bonds. The lowest BCUT2D eigenvalue weighted by Crippen LogP contribution is -2.19. The van der Waals surface area contributed by atoms with Crippen molar-refractivity contribution in [2.45, 2.75) is 10.3 Å². The Hall–Kier alpha value is -2.79. The molecule has 0 saturated heterocycles. The average molecular weight is 350 g/mol. The standard InChI is InChI=1S/C20H18N2O2S/c1-24-17-12-6-5-11-16(17)22-20(23)19(15-9-3-2-4-10-15)25-18-13-7-8-14-21-18/h2-14,19H,1H3,(H,22,23). The molecule has 0 saturated carbocycles. The molecule has 0 aliphatic rings. The summed E-state index contributed by atoms with van der Waals surface area (Å²) in [5.74, 6) is 0.511. The molecule has 1 atom stereocenters. The quantitative estimate of drug-likeness (QED) is 0.662. The lowest BCUT2D eigenvalue weighted by atomic mass is 10.1. The van der Waals surface area contributed by atoms with Crippen LogP contribution in [-0.4, -0.2) is 18.0 Å². The molecular weight excluding hydrogens is 332 g/mol. The number of ether oxygens (including phenoxy) is 1. The van der Waals surface area contributed by atoms with Gasteiger partial charge in [0.1, 0.15) is 11.0 Å². The highest BCUT2D eigenvalue weighted by atomic mass is 32.2. The molecule has 5 heteroatoms. The largest absolute Gasteiger partial charge is 0.495 e. The zero-order valence-corrected chi connectivity index (χ0v) is 14.6. The van der Waals surface area contributed by atoms with Crippen molar-refractivity contribution in [1.82, 2.24) is 4.98 Å². The number of benzene rings is 2. The molecule has 1 aromatic heterocycles. The van der Waals surface area contributed by atoms with E-state index in [0.717, 1.165) is 10.6 Å². The maximum absolute atomic E-state index is 13.0. The zero-order valence-electron chi connectivity index (χ0n) is 13.8. The van der Waals surface area contributed by atoms with Gasteiger partial charge in [-0.25, -0.2) is 4.98 Å². The van der Waals surface area contributed by atoms with Crippen molar-refractivity contribution in [3.8, 4) is 5.75 Å². The summed E-state index contributed by atoms with van der Waals surface area (Å²) in [6, 6.07) is 22.7. The molecule has 0 radical (unpaired) electrons. The molecule has 0 aliphatic carbocycles. The van der Waals surface area contributed by atoms with Gasteiger partial charge < -0.3 is 10.1 Å². The fourth-order valence-corrected chi connectivity index (χ4v) is 3.36. The number of para-hydroxylation sites is 2. The first-order chi connectivity index (χ1) is 12.3. The summed E-state index contributed by atoms with van der Waals surface area (Å²) in [4.78, 5) is 17.3. The van der Waals surface area contributed by atoms with E-state index in [1.54, 1.807) is 13.3 Å². The van der Waals surface area contributed by atoms with E-state index in [1.807, 2.05) is 72.8 Å². The summed E-state index contributed by atoms with van der Waals surface area (Å²) in [6.45, 7) is 0. The van der Waals surface area contributed by atoms with Crippen molar-refractivity contribution in [3.05, 3.63) is 84.6 Å². The van der Waals surface area contributed by atoms with Gasteiger partial charge in [0, 0.05) is 6.20 Å². The number of anilines is 1. The maximum Gasteiger partial charge on any atom is 0.242 e. The van der Waals surface area contributed by atoms with E-state index in [9.17, 15) is 4.79 Å². The number of carbonyl (C=O) groups is 1. The summed E-state index contributed by atoms with van der Waals surface area (Å²) in [5.41, 5.74) is 1.57. The molecule has 3 aromatic rings. The summed E-state index contributed by atoms with van der Waals surface area (Å²) < 4.78 is 5.32. The van der Waals surface area contributed by atoms with Crippen LogP contribution in [0, 0.1) is 0 Å². The number of pyridine rings is 1. The van der Waals surface area contributed by atoms with Crippen LogP contribution in [0.25, 0.3) is 0 Å². The molecule has 0 bridgehead atoms. The number of hydrogen-bond donors (Lipinski definition) is 1. The Morgan fingerprint density at radius 3 is 2.44 bits per heavy atom. The second kappa shape index (κ2) is 8.35. The number of rotatable bonds is 6. The molecule has 0 aliphatic heterocycles. The van der Waals surface area contributed by atoms with Crippen LogP contribution in [-0.2, 0) is 4.79 Å². The molecule has 1 unspecified atom stereocenters. The van der Waals surface area contributed by atoms with Crippen LogP contribution in [0.3, 0.4) is 0 Å². The SMILES string of the molecule is COc1ccccc1NC(=O)C(Sc1ccccn1)c1ccccc1. The summed E-state index contributed by atoms with van der Waals surface area (Å²) >= 11 is 1.42. The molecule has 3 rings (SSSR count). The van der Waals surface area contributed by atoms with Crippen LogP contribution >= 0.6 is 11.8 Å². The van der Waals surface area contributed by atoms with Gasteiger partial charge in [0.15, 0.2) is 0 Å². The maximum atomic E-state index is 13.0.